The van der Waals surface area contributed by atoms with Crippen molar-refractivity contribution in [2.24, 2.45) is 5.41 Å². The van der Waals surface area contributed by atoms with Crippen LogP contribution in [0.4, 0.5) is 0 Å². The summed E-state index contributed by atoms with van der Waals surface area (Å²) in [5.74, 6) is -0.0543. The molecule has 94 valence electrons. The van der Waals surface area contributed by atoms with E-state index >= 15 is 0 Å². The third-order valence-electron chi connectivity index (χ3n) is 2.62. The molecule has 0 saturated carbocycles. The Bertz CT molecular complexity index is 359. The highest BCUT2D eigenvalue weighted by molar-refractivity contribution is 7.99. The van der Waals surface area contributed by atoms with Crippen molar-refractivity contribution in [3.8, 4) is 0 Å². The summed E-state index contributed by atoms with van der Waals surface area (Å²) in [4.78, 5) is 15.8. The number of thioether (sulfide) groups is 1. The van der Waals surface area contributed by atoms with Gasteiger partial charge < -0.3 is 5.32 Å². The van der Waals surface area contributed by atoms with E-state index in [0.717, 1.165) is 0 Å². The zero-order valence-corrected chi connectivity index (χ0v) is 11.7. The summed E-state index contributed by atoms with van der Waals surface area (Å²) in [5, 5.41) is 3.36. The Hall–Kier alpha value is -1.03. The van der Waals surface area contributed by atoms with E-state index in [-0.39, 0.29) is 11.3 Å². The number of nitrogens with one attached hydrogen (secondary N) is 1. The standard InChI is InChI=1S/C13H20N2OS/c1-13(2,3)11(17-4)9-15-12(16)10-6-5-7-14-8-10/h5-8,11H,9H2,1-4H3,(H,15,16). The molecule has 0 bridgehead atoms. The molecule has 0 radical (unpaired) electrons. The fraction of sp³-hybridized carbons (Fsp3) is 0.538. The summed E-state index contributed by atoms with van der Waals surface area (Å²) in [6, 6.07) is 3.54. The summed E-state index contributed by atoms with van der Waals surface area (Å²) in [6.45, 7) is 7.23. The smallest absolute Gasteiger partial charge is 0.252 e. The molecule has 1 unspecified atom stereocenters. The highest BCUT2D eigenvalue weighted by Crippen LogP contribution is 2.28. The van der Waals surface area contributed by atoms with Crippen LogP contribution in [0.1, 0.15) is 31.1 Å². The first-order valence-electron chi connectivity index (χ1n) is 5.66. The Labute approximate surface area is 107 Å². The van der Waals surface area contributed by atoms with Crippen molar-refractivity contribution in [1.82, 2.24) is 10.3 Å². The van der Waals surface area contributed by atoms with Crippen molar-refractivity contribution >= 4 is 17.7 Å². The van der Waals surface area contributed by atoms with E-state index < -0.39 is 0 Å². The van der Waals surface area contributed by atoms with Crippen LogP contribution in [0.5, 0.6) is 0 Å². The lowest BCUT2D eigenvalue weighted by molar-refractivity contribution is 0.0950. The largest absolute Gasteiger partial charge is 0.351 e. The van der Waals surface area contributed by atoms with Crippen LogP contribution in [0.3, 0.4) is 0 Å². The molecule has 0 aliphatic carbocycles. The third kappa shape index (κ3) is 4.38. The fourth-order valence-electron chi connectivity index (χ4n) is 1.53. The number of rotatable bonds is 4. The average Bonchev–Trinajstić information content (AvgIpc) is 2.29. The molecule has 0 aliphatic rings. The van der Waals surface area contributed by atoms with E-state index in [0.29, 0.717) is 17.4 Å². The average molecular weight is 252 g/mol. The normalized spacial score (nSPS) is 13.2. The minimum absolute atomic E-state index is 0.0543. The molecule has 0 fully saturated rings. The predicted molar refractivity (Wildman–Crippen MR) is 73.3 cm³/mol. The SMILES string of the molecule is CSC(CNC(=O)c1cccnc1)C(C)(C)C. The van der Waals surface area contributed by atoms with Crippen LogP contribution >= 0.6 is 11.8 Å². The second-order valence-electron chi connectivity index (χ2n) is 5.04. The first-order valence-corrected chi connectivity index (χ1v) is 6.95. The molecule has 1 aromatic rings. The molecular weight excluding hydrogens is 232 g/mol. The topological polar surface area (TPSA) is 42.0 Å². The van der Waals surface area contributed by atoms with Crippen molar-refractivity contribution in [2.75, 3.05) is 12.8 Å². The maximum absolute atomic E-state index is 11.8. The van der Waals surface area contributed by atoms with Crippen LogP contribution in [0.15, 0.2) is 24.5 Å². The third-order valence-corrected chi connectivity index (χ3v) is 4.06. The molecule has 1 aromatic heterocycles. The number of nitrogens with zero attached hydrogens (tertiary/aromatic N) is 1. The van der Waals surface area contributed by atoms with Gasteiger partial charge >= 0.3 is 0 Å². The van der Waals surface area contributed by atoms with Gasteiger partial charge in [0, 0.05) is 24.2 Å². The summed E-state index contributed by atoms with van der Waals surface area (Å²) in [5.41, 5.74) is 0.794. The Kier molecular flexibility index (Phi) is 5.00. The van der Waals surface area contributed by atoms with Crippen LogP contribution in [0, 0.1) is 5.41 Å². The minimum Gasteiger partial charge on any atom is -0.351 e. The molecule has 1 N–H and O–H groups in total. The second kappa shape index (κ2) is 6.05. The van der Waals surface area contributed by atoms with E-state index in [1.165, 1.54) is 0 Å². The monoisotopic (exact) mass is 252 g/mol. The predicted octanol–water partition coefficient (Wildman–Crippen LogP) is 2.59. The van der Waals surface area contributed by atoms with Gasteiger partial charge in [0.15, 0.2) is 0 Å². The second-order valence-corrected chi connectivity index (χ2v) is 6.08. The van der Waals surface area contributed by atoms with Gasteiger partial charge in [0.25, 0.3) is 5.91 Å². The first-order chi connectivity index (χ1) is 7.95. The van der Waals surface area contributed by atoms with Gasteiger partial charge in [-0.1, -0.05) is 20.8 Å². The molecule has 0 spiro atoms. The molecular formula is C13H20N2OS. The number of carbonyl (C=O) groups excluding carboxylic acids is 1. The Morgan fingerprint density at radius 1 is 1.53 bits per heavy atom. The lowest BCUT2D eigenvalue weighted by Gasteiger charge is -2.29. The Balaban J connectivity index is 2.54. The Morgan fingerprint density at radius 2 is 2.24 bits per heavy atom. The molecule has 0 aromatic carbocycles. The molecule has 1 atom stereocenters. The highest BCUT2D eigenvalue weighted by atomic mass is 32.2. The number of hydrogen-bond acceptors (Lipinski definition) is 3. The maximum atomic E-state index is 11.8. The van der Waals surface area contributed by atoms with Crippen LogP contribution in [0.2, 0.25) is 0 Å². The number of carbonyl (C=O) groups is 1. The zero-order chi connectivity index (χ0) is 12.9. The van der Waals surface area contributed by atoms with Gasteiger partial charge in [-0.2, -0.15) is 11.8 Å². The van der Waals surface area contributed by atoms with Crippen molar-refractivity contribution < 1.29 is 4.79 Å². The maximum Gasteiger partial charge on any atom is 0.252 e. The molecule has 17 heavy (non-hydrogen) atoms. The number of aromatic nitrogens is 1. The van der Waals surface area contributed by atoms with Crippen LogP contribution in [0.25, 0.3) is 0 Å². The molecule has 1 rings (SSSR count). The molecule has 0 aliphatic heterocycles. The first kappa shape index (κ1) is 14.0. The van der Waals surface area contributed by atoms with E-state index in [2.05, 4.69) is 37.3 Å². The summed E-state index contributed by atoms with van der Waals surface area (Å²) in [7, 11) is 0. The van der Waals surface area contributed by atoms with Gasteiger partial charge in [-0.3, -0.25) is 9.78 Å². The van der Waals surface area contributed by atoms with Crippen LogP contribution in [-0.4, -0.2) is 28.9 Å². The Morgan fingerprint density at radius 3 is 2.71 bits per heavy atom. The summed E-state index contributed by atoms with van der Waals surface area (Å²) in [6.07, 6.45) is 5.32. The van der Waals surface area contributed by atoms with Gasteiger partial charge in [0.2, 0.25) is 0 Å². The molecule has 1 amide bonds. The number of amides is 1. The van der Waals surface area contributed by atoms with E-state index in [4.69, 9.17) is 0 Å². The van der Waals surface area contributed by atoms with Crippen molar-refractivity contribution in [3.63, 3.8) is 0 Å². The van der Waals surface area contributed by atoms with E-state index in [1.807, 2.05) is 0 Å². The number of hydrogen-bond donors (Lipinski definition) is 1. The van der Waals surface area contributed by atoms with E-state index in [9.17, 15) is 4.79 Å². The van der Waals surface area contributed by atoms with Gasteiger partial charge in [-0.25, -0.2) is 0 Å². The number of pyridine rings is 1. The van der Waals surface area contributed by atoms with Crippen molar-refractivity contribution in [3.05, 3.63) is 30.1 Å². The van der Waals surface area contributed by atoms with Gasteiger partial charge in [-0.15, -0.1) is 0 Å². The van der Waals surface area contributed by atoms with Crippen molar-refractivity contribution in [2.45, 2.75) is 26.0 Å². The molecule has 1 heterocycles. The van der Waals surface area contributed by atoms with Crippen LogP contribution < -0.4 is 5.32 Å². The minimum atomic E-state index is -0.0543. The van der Waals surface area contributed by atoms with Crippen LogP contribution in [-0.2, 0) is 0 Å². The highest BCUT2D eigenvalue weighted by Gasteiger charge is 2.24. The summed E-state index contributed by atoms with van der Waals surface area (Å²) < 4.78 is 0. The molecule has 0 saturated heterocycles. The quantitative estimate of drug-likeness (QED) is 0.895. The zero-order valence-electron chi connectivity index (χ0n) is 10.9. The lowest BCUT2D eigenvalue weighted by Crippen LogP contribution is -2.37. The fourth-order valence-corrected chi connectivity index (χ4v) is 2.48. The molecule has 3 nitrogen and oxygen atoms in total. The van der Waals surface area contributed by atoms with Gasteiger partial charge in [0.05, 0.1) is 5.56 Å². The lowest BCUT2D eigenvalue weighted by atomic mass is 9.91. The van der Waals surface area contributed by atoms with Gasteiger partial charge in [0.1, 0.15) is 0 Å². The van der Waals surface area contributed by atoms with Gasteiger partial charge in [-0.05, 0) is 23.8 Å². The molecule has 4 heteroatoms. The van der Waals surface area contributed by atoms with E-state index in [1.54, 1.807) is 36.3 Å². The summed E-state index contributed by atoms with van der Waals surface area (Å²) >= 11 is 1.78. The van der Waals surface area contributed by atoms with Crippen molar-refractivity contribution in [1.29, 1.82) is 0 Å².